The predicted octanol–water partition coefficient (Wildman–Crippen LogP) is 4.86. The molecule has 0 unspecified atom stereocenters. The molecule has 19 nitrogen and oxygen atoms in total. The van der Waals surface area contributed by atoms with Gasteiger partial charge in [0.1, 0.15) is 50.7 Å². The Morgan fingerprint density at radius 3 is 1.37 bits per heavy atom. The number of benzene rings is 2. The second kappa shape index (κ2) is 22.7. The Labute approximate surface area is 427 Å². The van der Waals surface area contributed by atoms with Crippen molar-refractivity contribution < 1.29 is 51.0 Å². The topological polar surface area (TPSA) is 214 Å². The van der Waals surface area contributed by atoms with Crippen molar-refractivity contribution in [2.24, 2.45) is 0 Å². The number of nitrogens with one attached hydrogen (secondary N) is 2. The molecule has 6 heterocycles. The zero-order valence-corrected chi connectivity index (χ0v) is 40.6. The van der Waals surface area contributed by atoms with Crippen molar-refractivity contribution in [2.75, 3.05) is 39.5 Å². The van der Waals surface area contributed by atoms with Gasteiger partial charge in [-0.25, -0.2) is 28.1 Å². The van der Waals surface area contributed by atoms with Gasteiger partial charge in [-0.2, -0.15) is 8.78 Å². The number of alkyl halides is 2. The standard InChI is InChI=1S/C52H54F4N12O7/c53-35-23-41(51(71)59-47(33-7-3-1-4-8-33)39-17-15-37(31-11-12-31)49(55)57-39)67(25-35)45(69)29-65-27-43(61-63-65)74-21-19-73-20-22-75-44-28-66(64-62-44)30-46(70)68-26-36(54)24-42(68)52(72)60-48(34-9-5-2-6-10-34)40-18-16-38(32-13-14-32)50(56)58-40/h1-10,15-18,27-28,31-32,35-36,41-42,47-48H,11-14,19-26,29-30H2,(H,59,71)(H,60,72)/t35-,36-,41+,42+,47+,48+/m1/s1. The van der Waals surface area contributed by atoms with Crippen LogP contribution in [-0.4, -0.2) is 137 Å². The summed E-state index contributed by atoms with van der Waals surface area (Å²) in [6, 6.07) is 20.6. The molecular formula is C52H54F4N12O7. The van der Waals surface area contributed by atoms with Crippen molar-refractivity contribution in [2.45, 2.75) is 100.0 Å². The third-order valence-electron chi connectivity index (χ3n) is 13.6. The molecule has 10 rings (SSSR count). The van der Waals surface area contributed by atoms with Crippen molar-refractivity contribution in [1.82, 2.24) is 60.4 Å². The molecule has 0 spiro atoms. The number of carbonyl (C=O) groups is 4. The van der Waals surface area contributed by atoms with E-state index in [4.69, 9.17) is 14.2 Å². The highest BCUT2D eigenvalue weighted by Crippen LogP contribution is 2.42. The molecule has 4 aliphatic rings. The molecule has 392 valence electrons. The summed E-state index contributed by atoms with van der Waals surface area (Å²) < 4.78 is 79.1. The highest BCUT2D eigenvalue weighted by Gasteiger charge is 2.43. The molecule has 2 aliphatic heterocycles. The van der Waals surface area contributed by atoms with Crippen molar-refractivity contribution in [3.05, 3.63) is 143 Å². The van der Waals surface area contributed by atoms with Gasteiger partial charge < -0.3 is 34.6 Å². The molecular weight excluding hydrogens is 981 g/mol. The zero-order chi connectivity index (χ0) is 52.0. The van der Waals surface area contributed by atoms with Gasteiger partial charge in [0.2, 0.25) is 35.5 Å². The van der Waals surface area contributed by atoms with Crippen molar-refractivity contribution >= 4 is 23.6 Å². The van der Waals surface area contributed by atoms with Crippen LogP contribution in [0.25, 0.3) is 0 Å². The number of carbonyl (C=O) groups excluding carboxylic acids is 4. The quantitative estimate of drug-likeness (QED) is 0.0529. The molecule has 0 radical (unpaired) electrons. The highest BCUT2D eigenvalue weighted by molar-refractivity contribution is 5.89. The Morgan fingerprint density at radius 2 is 0.987 bits per heavy atom. The van der Waals surface area contributed by atoms with Gasteiger partial charge in [0.25, 0.3) is 11.8 Å². The lowest BCUT2D eigenvalue weighted by molar-refractivity contribution is -0.139. The summed E-state index contributed by atoms with van der Waals surface area (Å²) in [4.78, 5) is 65.3. The number of halogens is 4. The first-order valence-electron chi connectivity index (χ1n) is 25.0. The van der Waals surface area contributed by atoms with E-state index >= 15 is 8.78 Å². The normalized spacial score (nSPS) is 20.2. The van der Waals surface area contributed by atoms with Crippen LogP contribution in [-0.2, 0) is 37.0 Å². The number of pyridine rings is 2. The fourth-order valence-corrected chi connectivity index (χ4v) is 9.50. The van der Waals surface area contributed by atoms with Gasteiger partial charge in [-0.05, 0) is 60.8 Å². The Hall–Kier alpha value is -7.82. The Balaban J connectivity index is 0.650. The monoisotopic (exact) mass is 1030 g/mol. The van der Waals surface area contributed by atoms with E-state index in [9.17, 15) is 28.0 Å². The number of aromatic nitrogens is 8. The lowest BCUT2D eigenvalue weighted by atomic mass is 10.0. The van der Waals surface area contributed by atoms with E-state index in [1.54, 1.807) is 72.8 Å². The van der Waals surface area contributed by atoms with Crippen molar-refractivity contribution in [3.63, 3.8) is 0 Å². The largest absolute Gasteiger partial charge is 0.473 e. The lowest BCUT2D eigenvalue weighted by Gasteiger charge is -2.26. The number of nitrogens with zero attached hydrogens (tertiary/aromatic N) is 10. The van der Waals surface area contributed by atoms with Crippen molar-refractivity contribution in [3.8, 4) is 11.8 Å². The number of rotatable bonds is 22. The summed E-state index contributed by atoms with van der Waals surface area (Å²) in [6.45, 7) is -0.959. The Kier molecular flexibility index (Phi) is 15.4. The van der Waals surface area contributed by atoms with E-state index in [1.807, 2.05) is 12.1 Å². The molecule has 4 amide bonds. The van der Waals surface area contributed by atoms with E-state index in [0.717, 1.165) is 25.7 Å². The molecule has 4 fully saturated rings. The van der Waals surface area contributed by atoms with Gasteiger partial charge in [0.15, 0.2) is 0 Å². The van der Waals surface area contributed by atoms with E-state index in [0.29, 0.717) is 22.3 Å². The molecule has 75 heavy (non-hydrogen) atoms. The van der Waals surface area contributed by atoms with Crippen LogP contribution >= 0.6 is 0 Å². The van der Waals surface area contributed by atoms with Crippen LogP contribution in [0.3, 0.4) is 0 Å². The van der Waals surface area contributed by atoms with Crippen LogP contribution in [0.5, 0.6) is 11.8 Å². The minimum atomic E-state index is -1.45. The average Bonchev–Trinajstić information content (AvgIpc) is 4.25. The minimum Gasteiger partial charge on any atom is -0.473 e. The Bertz CT molecular complexity index is 2780. The lowest BCUT2D eigenvalue weighted by Crippen LogP contribution is -2.48. The molecule has 6 atom stereocenters. The minimum absolute atomic E-state index is 0.0541. The van der Waals surface area contributed by atoms with Gasteiger partial charge in [-0.1, -0.05) is 93.4 Å². The van der Waals surface area contributed by atoms with Gasteiger partial charge in [-0.15, -0.1) is 0 Å². The first-order valence-corrected chi connectivity index (χ1v) is 25.0. The van der Waals surface area contributed by atoms with Crippen LogP contribution in [0, 0.1) is 11.9 Å². The molecule has 2 saturated carbocycles. The maximum absolute atomic E-state index is 15.1. The molecule has 2 saturated heterocycles. The molecule has 0 bridgehead atoms. The summed E-state index contributed by atoms with van der Waals surface area (Å²) >= 11 is 0. The fraction of sp³-hybridized carbons (Fsp3) is 0.423. The second-order valence-corrected chi connectivity index (χ2v) is 19.1. The third kappa shape index (κ3) is 12.4. The molecule has 4 aromatic heterocycles. The number of likely N-dealkylation sites (tertiary alicyclic amines) is 2. The maximum atomic E-state index is 15.1. The maximum Gasteiger partial charge on any atom is 0.253 e. The van der Waals surface area contributed by atoms with Gasteiger partial charge in [-0.3, -0.25) is 19.2 Å². The number of hydrogen-bond donors (Lipinski definition) is 2. The Morgan fingerprint density at radius 1 is 0.573 bits per heavy atom. The summed E-state index contributed by atoms with van der Waals surface area (Å²) in [5.74, 6) is -3.06. The van der Waals surface area contributed by atoms with Gasteiger partial charge >= 0.3 is 0 Å². The predicted molar refractivity (Wildman–Crippen MR) is 257 cm³/mol. The van der Waals surface area contributed by atoms with Gasteiger partial charge in [0.05, 0.1) is 62.2 Å². The first kappa shape index (κ1) is 50.7. The zero-order valence-electron chi connectivity index (χ0n) is 40.6. The van der Waals surface area contributed by atoms with Crippen LogP contribution in [0.15, 0.2) is 97.3 Å². The van der Waals surface area contributed by atoms with Gasteiger partial charge in [0, 0.05) is 24.0 Å². The average molecular weight is 1040 g/mol. The van der Waals surface area contributed by atoms with Crippen LogP contribution in [0.1, 0.15) is 96.1 Å². The van der Waals surface area contributed by atoms with E-state index < -0.39 is 72.0 Å². The number of ether oxygens (including phenoxy) is 3. The van der Waals surface area contributed by atoms with E-state index in [2.05, 4.69) is 41.2 Å². The van der Waals surface area contributed by atoms with Crippen LogP contribution in [0.4, 0.5) is 17.6 Å². The summed E-state index contributed by atoms with van der Waals surface area (Å²) in [5.41, 5.74) is 2.92. The van der Waals surface area contributed by atoms with E-state index in [-0.39, 0.29) is 100 Å². The smallest absolute Gasteiger partial charge is 0.253 e. The number of hydrogen-bond acceptors (Lipinski definition) is 13. The molecule has 2 aromatic carbocycles. The SMILES string of the molecule is O=C(N[C@@H](c1ccccc1)c1ccc(C2CC2)c(F)n1)[C@@H]1C[C@@H](F)CN1C(=O)Cn1cc(OCCOCCOc2cn(CC(=O)N3C[C@H](F)C[C@H]3C(=O)N[C@@H](c3ccccc3)c3ccc(C4CC4)c(F)n3)nn2)nn1. The third-order valence-corrected chi connectivity index (χ3v) is 13.6. The number of amides is 4. The molecule has 23 heteroatoms. The molecule has 2 aliphatic carbocycles. The molecule has 6 aromatic rings. The molecule has 2 N–H and O–H groups in total. The highest BCUT2D eigenvalue weighted by atomic mass is 19.1. The summed E-state index contributed by atoms with van der Waals surface area (Å²) in [7, 11) is 0. The summed E-state index contributed by atoms with van der Waals surface area (Å²) in [5, 5.41) is 21.5. The van der Waals surface area contributed by atoms with Crippen LogP contribution < -0.4 is 20.1 Å². The van der Waals surface area contributed by atoms with Crippen molar-refractivity contribution in [1.29, 1.82) is 0 Å². The first-order chi connectivity index (χ1) is 36.4. The fourth-order valence-electron chi connectivity index (χ4n) is 9.50. The van der Waals surface area contributed by atoms with E-state index in [1.165, 1.54) is 31.6 Å². The second-order valence-electron chi connectivity index (χ2n) is 19.1. The summed E-state index contributed by atoms with van der Waals surface area (Å²) in [6.07, 6.45) is 3.02. The van der Waals surface area contributed by atoms with Crippen LogP contribution in [0.2, 0.25) is 0 Å².